The molecule has 0 aliphatic carbocycles. The summed E-state index contributed by atoms with van der Waals surface area (Å²) < 4.78 is 1.99. The molecule has 0 aliphatic heterocycles. The van der Waals surface area contributed by atoms with Crippen molar-refractivity contribution in [2.75, 3.05) is 6.61 Å². The molecule has 5 heteroatoms. The predicted octanol–water partition coefficient (Wildman–Crippen LogP) is 1.29. The lowest BCUT2D eigenvalue weighted by molar-refractivity contribution is 0.263. The van der Waals surface area contributed by atoms with Gasteiger partial charge >= 0.3 is 0 Å². The van der Waals surface area contributed by atoms with Gasteiger partial charge in [0.15, 0.2) is 0 Å². The van der Waals surface area contributed by atoms with Gasteiger partial charge in [-0.2, -0.15) is 0 Å². The Kier molecular flexibility index (Phi) is 3.38. The van der Waals surface area contributed by atoms with Crippen molar-refractivity contribution in [3.05, 3.63) is 40.1 Å². The molecule has 86 valence electrons. The molecule has 3 N–H and O–H groups in total. The highest BCUT2D eigenvalue weighted by Gasteiger charge is 2.11. The van der Waals surface area contributed by atoms with Gasteiger partial charge in [0.25, 0.3) is 0 Å². The number of hydrogen-bond acceptors (Lipinski definition) is 4. The molecule has 2 rings (SSSR count). The lowest BCUT2D eigenvalue weighted by Gasteiger charge is -2.12. The maximum absolute atomic E-state index is 9.05. The minimum Gasteiger partial charge on any atom is -0.394 e. The second-order valence-corrected chi connectivity index (χ2v) is 4.76. The molecule has 0 spiro atoms. The van der Waals surface area contributed by atoms with E-state index in [1.54, 1.807) is 23.9 Å². The second-order valence-electron chi connectivity index (χ2n) is 3.76. The molecule has 0 bridgehead atoms. The van der Waals surface area contributed by atoms with Gasteiger partial charge in [0.1, 0.15) is 0 Å². The van der Waals surface area contributed by atoms with E-state index in [0.717, 1.165) is 12.2 Å². The third kappa shape index (κ3) is 2.16. The molecule has 16 heavy (non-hydrogen) atoms. The van der Waals surface area contributed by atoms with Crippen molar-refractivity contribution in [3.8, 4) is 0 Å². The minimum atomic E-state index is -0.359. The summed E-state index contributed by atoms with van der Waals surface area (Å²) in [5, 5.41) is 11.1. The van der Waals surface area contributed by atoms with Crippen LogP contribution in [0.5, 0.6) is 0 Å². The van der Waals surface area contributed by atoms with E-state index in [9.17, 15) is 0 Å². The van der Waals surface area contributed by atoms with Crippen LogP contribution in [0.3, 0.4) is 0 Å². The van der Waals surface area contributed by atoms with Gasteiger partial charge in [-0.05, 0) is 23.9 Å². The number of imidazole rings is 1. The van der Waals surface area contributed by atoms with Gasteiger partial charge in [0.2, 0.25) is 0 Å². The van der Waals surface area contributed by atoms with Gasteiger partial charge in [-0.15, -0.1) is 11.3 Å². The van der Waals surface area contributed by atoms with Crippen LogP contribution >= 0.6 is 11.3 Å². The third-order valence-electron chi connectivity index (χ3n) is 2.60. The first kappa shape index (κ1) is 11.3. The number of aryl methyl sites for hydroxylation is 1. The summed E-state index contributed by atoms with van der Waals surface area (Å²) in [5.41, 5.74) is 7.95. The number of rotatable bonds is 4. The van der Waals surface area contributed by atoms with E-state index < -0.39 is 0 Å². The molecule has 2 aromatic heterocycles. The van der Waals surface area contributed by atoms with Gasteiger partial charge < -0.3 is 15.4 Å². The van der Waals surface area contributed by atoms with Crippen molar-refractivity contribution in [1.29, 1.82) is 0 Å². The average Bonchev–Trinajstić information content (AvgIpc) is 2.88. The Balaban J connectivity index is 2.22. The fourth-order valence-corrected chi connectivity index (χ4v) is 2.49. The number of aliphatic hydroxyl groups is 1. The number of aromatic nitrogens is 2. The maximum Gasteiger partial charge on any atom is 0.0952 e. The van der Waals surface area contributed by atoms with Crippen molar-refractivity contribution >= 4 is 11.3 Å². The molecule has 1 atom stereocenters. The van der Waals surface area contributed by atoms with Crippen LogP contribution < -0.4 is 5.73 Å². The highest BCUT2D eigenvalue weighted by atomic mass is 32.1. The van der Waals surface area contributed by atoms with Crippen molar-refractivity contribution in [2.24, 2.45) is 5.73 Å². The van der Waals surface area contributed by atoms with Crippen molar-refractivity contribution in [2.45, 2.75) is 19.5 Å². The van der Waals surface area contributed by atoms with Crippen LogP contribution in [0.25, 0.3) is 0 Å². The highest BCUT2D eigenvalue weighted by Crippen LogP contribution is 2.19. The summed E-state index contributed by atoms with van der Waals surface area (Å²) in [6, 6.07) is 1.74. The molecule has 0 saturated carbocycles. The number of aliphatic hydroxyl groups excluding tert-OH is 1. The molecule has 4 nitrogen and oxygen atoms in total. The number of thiophene rings is 1. The quantitative estimate of drug-likeness (QED) is 0.842. The van der Waals surface area contributed by atoms with E-state index in [-0.39, 0.29) is 12.6 Å². The van der Waals surface area contributed by atoms with Gasteiger partial charge in [-0.1, -0.05) is 0 Å². The van der Waals surface area contributed by atoms with Crippen LogP contribution in [0, 0.1) is 6.92 Å². The van der Waals surface area contributed by atoms with Gasteiger partial charge in [0, 0.05) is 11.1 Å². The molecule has 0 fully saturated rings. The Hall–Kier alpha value is -1.17. The molecule has 1 unspecified atom stereocenters. The largest absolute Gasteiger partial charge is 0.394 e. The van der Waals surface area contributed by atoms with Gasteiger partial charge in [-0.3, -0.25) is 0 Å². The van der Waals surface area contributed by atoms with Crippen LogP contribution in [0.15, 0.2) is 24.0 Å². The fraction of sp³-hybridized carbons (Fsp3) is 0.364. The van der Waals surface area contributed by atoms with Crippen LogP contribution in [0.4, 0.5) is 0 Å². The summed E-state index contributed by atoms with van der Waals surface area (Å²) >= 11 is 1.72. The third-order valence-corrected chi connectivity index (χ3v) is 3.61. The first-order chi connectivity index (χ1) is 7.72. The Morgan fingerprint density at radius 1 is 1.62 bits per heavy atom. The second kappa shape index (κ2) is 4.78. The van der Waals surface area contributed by atoms with Crippen molar-refractivity contribution in [3.63, 3.8) is 0 Å². The fourth-order valence-electron chi connectivity index (χ4n) is 1.59. The molecule has 2 heterocycles. The molecule has 0 aliphatic rings. The normalized spacial score (nSPS) is 12.9. The number of nitrogens with two attached hydrogens (primary N) is 1. The lowest BCUT2D eigenvalue weighted by atomic mass is 10.2. The van der Waals surface area contributed by atoms with Gasteiger partial charge in [0.05, 0.1) is 31.2 Å². The Labute approximate surface area is 98.4 Å². The topological polar surface area (TPSA) is 64.1 Å². The molecule has 2 aromatic rings. The van der Waals surface area contributed by atoms with E-state index >= 15 is 0 Å². The van der Waals surface area contributed by atoms with E-state index in [1.165, 1.54) is 10.4 Å². The summed E-state index contributed by atoms with van der Waals surface area (Å²) in [7, 11) is 0. The van der Waals surface area contributed by atoms with Crippen LogP contribution in [0.2, 0.25) is 0 Å². The molecular weight excluding hydrogens is 222 g/mol. The van der Waals surface area contributed by atoms with E-state index in [2.05, 4.69) is 23.4 Å². The summed E-state index contributed by atoms with van der Waals surface area (Å²) in [5.74, 6) is 0. The van der Waals surface area contributed by atoms with Crippen LogP contribution in [-0.2, 0) is 6.54 Å². The molecule has 0 aromatic carbocycles. The summed E-state index contributed by atoms with van der Waals surface area (Å²) in [6.45, 7) is 2.80. The monoisotopic (exact) mass is 237 g/mol. The Morgan fingerprint density at radius 3 is 3.06 bits per heavy atom. The number of nitrogens with zero attached hydrogens (tertiary/aromatic N) is 2. The van der Waals surface area contributed by atoms with Gasteiger partial charge in [-0.25, -0.2) is 4.98 Å². The highest BCUT2D eigenvalue weighted by molar-refractivity contribution is 7.10. The first-order valence-corrected chi connectivity index (χ1v) is 5.99. The zero-order valence-corrected chi connectivity index (χ0v) is 9.94. The standard InChI is InChI=1S/C11H15N3OS/c1-8-2-3-16-11(8)5-14-7-13-4-10(14)9(12)6-15/h2-4,7,9,15H,5-6,12H2,1H3. The Bertz CT molecular complexity index is 463. The SMILES string of the molecule is Cc1ccsc1Cn1cncc1C(N)CO. The average molecular weight is 237 g/mol. The van der Waals surface area contributed by atoms with E-state index in [0.29, 0.717) is 0 Å². The molecule has 0 radical (unpaired) electrons. The van der Waals surface area contributed by atoms with Crippen molar-refractivity contribution in [1.82, 2.24) is 9.55 Å². The van der Waals surface area contributed by atoms with E-state index in [1.807, 2.05) is 4.57 Å². The van der Waals surface area contributed by atoms with Crippen LogP contribution in [-0.4, -0.2) is 21.3 Å². The maximum atomic E-state index is 9.05. The molecular formula is C11H15N3OS. The molecule has 0 saturated heterocycles. The smallest absolute Gasteiger partial charge is 0.0952 e. The van der Waals surface area contributed by atoms with Crippen molar-refractivity contribution < 1.29 is 5.11 Å². The number of hydrogen-bond donors (Lipinski definition) is 2. The zero-order valence-electron chi connectivity index (χ0n) is 9.13. The Morgan fingerprint density at radius 2 is 2.44 bits per heavy atom. The van der Waals surface area contributed by atoms with E-state index in [4.69, 9.17) is 10.8 Å². The summed E-state index contributed by atoms with van der Waals surface area (Å²) in [6.07, 6.45) is 3.47. The van der Waals surface area contributed by atoms with Crippen LogP contribution in [0.1, 0.15) is 22.2 Å². The zero-order chi connectivity index (χ0) is 11.5. The first-order valence-electron chi connectivity index (χ1n) is 5.11. The summed E-state index contributed by atoms with van der Waals surface area (Å²) in [4.78, 5) is 5.37. The predicted molar refractivity (Wildman–Crippen MR) is 64.4 cm³/mol. The lowest BCUT2D eigenvalue weighted by Crippen LogP contribution is -2.18. The minimum absolute atomic E-state index is 0.0604. The molecule has 0 amide bonds.